The van der Waals surface area contributed by atoms with Gasteiger partial charge in [0.15, 0.2) is 6.61 Å². The highest BCUT2D eigenvalue weighted by Crippen LogP contribution is 2.12. The van der Waals surface area contributed by atoms with E-state index in [9.17, 15) is 4.79 Å². The van der Waals surface area contributed by atoms with Gasteiger partial charge in [0, 0.05) is 11.8 Å². The predicted molar refractivity (Wildman–Crippen MR) is 80.7 cm³/mol. The summed E-state index contributed by atoms with van der Waals surface area (Å²) in [7, 11) is 0. The fourth-order valence-electron chi connectivity index (χ4n) is 1.48. The molecule has 3 N–H and O–H groups in total. The number of anilines is 1. The number of amides is 1. The highest BCUT2D eigenvalue weighted by Gasteiger charge is 2.04. The normalized spacial score (nSPS) is 9.80. The molecule has 0 radical (unpaired) electrons. The van der Waals surface area contributed by atoms with Crippen molar-refractivity contribution in [3.05, 3.63) is 54.2 Å². The lowest BCUT2D eigenvalue weighted by molar-refractivity contribution is -0.118. The third-order valence-electron chi connectivity index (χ3n) is 2.44. The Morgan fingerprint density at radius 2 is 2.00 bits per heavy atom. The van der Waals surface area contributed by atoms with E-state index in [0.29, 0.717) is 16.6 Å². The molecule has 0 spiro atoms. The van der Waals surface area contributed by atoms with Crippen LogP contribution < -0.4 is 15.8 Å². The molecule has 0 saturated carbocycles. The summed E-state index contributed by atoms with van der Waals surface area (Å²) in [6.07, 6.45) is 1.60. The number of rotatable bonds is 5. The zero-order valence-corrected chi connectivity index (χ0v) is 11.4. The maximum atomic E-state index is 11.6. The Morgan fingerprint density at radius 3 is 2.60 bits per heavy atom. The molecular formula is C14H13N3O2S. The molecule has 0 aliphatic rings. The zero-order valence-electron chi connectivity index (χ0n) is 10.6. The van der Waals surface area contributed by atoms with Crippen molar-refractivity contribution >= 4 is 28.9 Å². The molecule has 1 aromatic heterocycles. The lowest BCUT2D eigenvalue weighted by atomic mass is 10.2. The molecule has 0 saturated heterocycles. The number of nitrogens with one attached hydrogen (secondary N) is 1. The predicted octanol–water partition coefficient (Wildman–Crippen LogP) is 1.73. The van der Waals surface area contributed by atoms with Gasteiger partial charge in [0.25, 0.3) is 5.91 Å². The number of nitrogens with zero attached hydrogens (tertiary/aromatic N) is 1. The minimum atomic E-state index is -0.276. The second-order valence-corrected chi connectivity index (χ2v) is 4.38. The summed E-state index contributed by atoms with van der Waals surface area (Å²) in [6, 6.07) is 12.2. The standard InChI is InChI=1S/C14H13N3O2S/c15-14(20)10-4-6-11(7-5-10)19-9-13(18)17-12-3-1-2-8-16-12/h1-8H,9H2,(H2,15,20)(H,16,17,18). The highest BCUT2D eigenvalue weighted by atomic mass is 32.1. The largest absolute Gasteiger partial charge is 0.484 e. The number of nitrogens with two attached hydrogens (primary N) is 1. The van der Waals surface area contributed by atoms with Gasteiger partial charge in [0.05, 0.1) is 0 Å². The number of hydrogen-bond donors (Lipinski definition) is 2. The van der Waals surface area contributed by atoms with E-state index in [1.807, 2.05) is 0 Å². The summed E-state index contributed by atoms with van der Waals surface area (Å²) < 4.78 is 5.35. The van der Waals surface area contributed by atoms with Crippen LogP contribution >= 0.6 is 12.2 Å². The third kappa shape index (κ3) is 4.03. The minimum Gasteiger partial charge on any atom is -0.484 e. The summed E-state index contributed by atoms with van der Waals surface area (Å²) in [4.78, 5) is 16.0. The Hall–Kier alpha value is -2.47. The summed E-state index contributed by atoms with van der Waals surface area (Å²) in [5.41, 5.74) is 6.25. The van der Waals surface area contributed by atoms with Gasteiger partial charge in [-0.15, -0.1) is 0 Å². The van der Waals surface area contributed by atoms with Crippen LogP contribution in [-0.2, 0) is 4.79 Å². The van der Waals surface area contributed by atoms with Crippen molar-refractivity contribution in [3.63, 3.8) is 0 Å². The average molecular weight is 287 g/mol. The second kappa shape index (κ2) is 6.63. The molecule has 6 heteroatoms. The minimum absolute atomic E-state index is 0.0943. The summed E-state index contributed by atoms with van der Waals surface area (Å²) >= 11 is 4.85. The van der Waals surface area contributed by atoms with Crippen LogP contribution in [-0.4, -0.2) is 22.5 Å². The summed E-state index contributed by atoms with van der Waals surface area (Å²) in [6.45, 7) is -0.0943. The number of pyridine rings is 1. The van der Waals surface area contributed by atoms with Crippen molar-refractivity contribution in [2.24, 2.45) is 5.73 Å². The molecule has 102 valence electrons. The van der Waals surface area contributed by atoms with Gasteiger partial charge in [-0.2, -0.15) is 0 Å². The van der Waals surface area contributed by atoms with E-state index in [-0.39, 0.29) is 12.5 Å². The van der Waals surface area contributed by atoms with Crippen LogP contribution in [0.3, 0.4) is 0 Å². The van der Waals surface area contributed by atoms with E-state index < -0.39 is 0 Å². The first kappa shape index (κ1) is 14.0. The second-order valence-electron chi connectivity index (χ2n) is 3.94. The first-order valence-electron chi connectivity index (χ1n) is 5.89. The topological polar surface area (TPSA) is 77.2 Å². The van der Waals surface area contributed by atoms with Gasteiger partial charge >= 0.3 is 0 Å². The van der Waals surface area contributed by atoms with Crippen LogP contribution in [0.15, 0.2) is 48.7 Å². The van der Waals surface area contributed by atoms with E-state index in [2.05, 4.69) is 10.3 Å². The van der Waals surface area contributed by atoms with Gasteiger partial charge in [-0.05, 0) is 36.4 Å². The lowest BCUT2D eigenvalue weighted by Gasteiger charge is -2.07. The van der Waals surface area contributed by atoms with Crippen LogP contribution in [0.4, 0.5) is 5.82 Å². The van der Waals surface area contributed by atoms with E-state index in [1.54, 1.807) is 48.7 Å². The number of benzene rings is 1. The molecule has 0 atom stereocenters. The number of aromatic nitrogens is 1. The van der Waals surface area contributed by atoms with Crippen molar-refractivity contribution in [2.45, 2.75) is 0 Å². The summed E-state index contributed by atoms with van der Waals surface area (Å²) in [5.74, 6) is 0.785. The molecule has 5 nitrogen and oxygen atoms in total. The number of carbonyl (C=O) groups excluding carboxylic acids is 1. The van der Waals surface area contributed by atoms with Gasteiger partial charge in [0.1, 0.15) is 16.6 Å². The molecule has 1 heterocycles. The SMILES string of the molecule is NC(=S)c1ccc(OCC(=O)Nc2ccccn2)cc1. The number of thiocarbonyl (C=S) groups is 1. The van der Waals surface area contributed by atoms with Crippen LogP contribution in [0.2, 0.25) is 0 Å². The maximum Gasteiger partial charge on any atom is 0.263 e. The van der Waals surface area contributed by atoms with E-state index >= 15 is 0 Å². The number of carbonyl (C=O) groups is 1. The Labute approximate surface area is 121 Å². The van der Waals surface area contributed by atoms with Gasteiger partial charge in [-0.3, -0.25) is 4.79 Å². The van der Waals surface area contributed by atoms with Crippen LogP contribution in [0.1, 0.15) is 5.56 Å². The van der Waals surface area contributed by atoms with Crippen molar-refractivity contribution < 1.29 is 9.53 Å². The molecule has 1 amide bonds. The molecular weight excluding hydrogens is 274 g/mol. The first-order chi connectivity index (χ1) is 9.65. The van der Waals surface area contributed by atoms with Crippen LogP contribution in [0.5, 0.6) is 5.75 Å². The number of hydrogen-bond acceptors (Lipinski definition) is 4. The zero-order chi connectivity index (χ0) is 14.4. The molecule has 1 aromatic carbocycles. The van der Waals surface area contributed by atoms with Crippen molar-refractivity contribution in [3.8, 4) is 5.75 Å². The Kier molecular flexibility index (Phi) is 4.62. The molecule has 0 bridgehead atoms. The van der Waals surface area contributed by atoms with Gasteiger partial charge in [0.2, 0.25) is 0 Å². The lowest BCUT2D eigenvalue weighted by Crippen LogP contribution is -2.20. The molecule has 0 aliphatic carbocycles. The smallest absolute Gasteiger partial charge is 0.263 e. The third-order valence-corrected chi connectivity index (χ3v) is 2.68. The summed E-state index contributed by atoms with van der Waals surface area (Å²) in [5, 5.41) is 2.63. The maximum absolute atomic E-state index is 11.6. The van der Waals surface area contributed by atoms with Gasteiger partial charge in [-0.1, -0.05) is 18.3 Å². The average Bonchev–Trinajstić information content (AvgIpc) is 2.46. The van der Waals surface area contributed by atoms with Gasteiger partial charge in [-0.25, -0.2) is 4.98 Å². The Balaban J connectivity index is 1.85. The van der Waals surface area contributed by atoms with Crippen molar-refractivity contribution in [2.75, 3.05) is 11.9 Å². The van der Waals surface area contributed by atoms with Crippen molar-refractivity contribution in [1.82, 2.24) is 4.98 Å². The van der Waals surface area contributed by atoms with E-state index in [0.717, 1.165) is 5.56 Å². The van der Waals surface area contributed by atoms with Gasteiger partial charge < -0.3 is 15.8 Å². The van der Waals surface area contributed by atoms with Crippen LogP contribution in [0.25, 0.3) is 0 Å². The molecule has 0 unspecified atom stereocenters. The fraction of sp³-hybridized carbons (Fsp3) is 0.0714. The Bertz CT molecular complexity index is 600. The monoisotopic (exact) mass is 287 g/mol. The van der Waals surface area contributed by atoms with E-state index in [4.69, 9.17) is 22.7 Å². The van der Waals surface area contributed by atoms with Crippen LogP contribution in [0, 0.1) is 0 Å². The number of ether oxygens (including phenoxy) is 1. The molecule has 0 fully saturated rings. The Morgan fingerprint density at radius 1 is 1.25 bits per heavy atom. The molecule has 20 heavy (non-hydrogen) atoms. The molecule has 0 aliphatic heterocycles. The van der Waals surface area contributed by atoms with E-state index in [1.165, 1.54) is 0 Å². The molecule has 2 aromatic rings. The quantitative estimate of drug-likeness (QED) is 0.819. The van der Waals surface area contributed by atoms with Crippen molar-refractivity contribution in [1.29, 1.82) is 0 Å². The highest BCUT2D eigenvalue weighted by molar-refractivity contribution is 7.80. The fourth-order valence-corrected chi connectivity index (χ4v) is 1.62. The first-order valence-corrected chi connectivity index (χ1v) is 6.29. The molecule has 2 rings (SSSR count).